The quantitative estimate of drug-likeness (QED) is 0.870. The Bertz CT molecular complexity index is 672. The number of likely N-dealkylation sites (tertiary alicyclic amines) is 1. The highest BCUT2D eigenvalue weighted by atomic mass is 16.3. The molecule has 2 aliphatic rings. The molecule has 25 heavy (non-hydrogen) atoms. The SMILES string of the molecule is O[C@H](CN1CCc2ccccc2C1)CN1CCC[C@@H]1Cn1cccn1. The zero-order valence-electron chi connectivity index (χ0n) is 14.8. The average Bonchev–Trinajstić information content (AvgIpc) is 3.28. The number of aromatic nitrogens is 2. The minimum absolute atomic E-state index is 0.288. The van der Waals surface area contributed by atoms with Gasteiger partial charge in [0.25, 0.3) is 0 Å². The van der Waals surface area contributed by atoms with Gasteiger partial charge in [-0.05, 0) is 43.0 Å². The molecular weight excluding hydrogens is 312 g/mol. The van der Waals surface area contributed by atoms with Crippen molar-refractivity contribution in [3.05, 3.63) is 53.9 Å². The Morgan fingerprint density at radius 3 is 2.84 bits per heavy atom. The molecule has 5 nitrogen and oxygen atoms in total. The smallest absolute Gasteiger partial charge is 0.0794 e. The molecule has 0 aliphatic carbocycles. The molecule has 3 heterocycles. The first-order chi connectivity index (χ1) is 12.3. The molecule has 0 saturated carbocycles. The molecule has 2 atom stereocenters. The second-order valence-corrected chi connectivity index (χ2v) is 7.43. The summed E-state index contributed by atoms with van der Waals surface area (Å²) in [6.45, 7) is 5.56. The van der Waals surface area contributed by atoms with E-state index in [4.69, 9.17) is 0 Å². The summed E-state index contributed by atoms with van der Waals surface area (Å²) in [4.78, 5) is 4.84. The lowest BCUT2D eigenvalue weighted by Gasteiger charge is -2.32. The van der Waals surface area contributed by atoms with Crippen molar-refractivity contribution in [3.8, 4) is 0 Å². The summed E-state index contributed by atoms with van der Waals surface area (Å²) in [6, 6.07) is 11.2. The second kappa shape index (κ2) is 7.68. The lowest BCUT2D eigenvalue weighted by molar-refractivity contribution is 0.0621. The Kier molecular flexibility index (Phi) is 5.15. The molecule has 0 unspecified atom stereocenters. The van der Waals surface area contributed by atoms with Crippen LogP contribution < -0.4 is 0 Å². The number of fused-ring (bicyclic) bond motifs is 1. The number of nitrogens with zero attached hydrogens (tertiary/aromatic N) is 4. The third kappa shape index (κ3) is 4.11. The first kappa shape index (κ1) is 16.8. The molecule has 1 aromatic carbocycles. The van der Waals surface area contributed by atoms with Crippen LogP contribution in [0.25, 0.3) is 0 Å². The molecule has 1 aromatic heterocycles. The van der Waals surface area contributed by atoms with Crippen LogP contribution in [0.3, 0.4) is 0 Å². The summed E-state index contributed by atoms with van der Waals surface area (Å²) in [6.07, 6.45) is 7.08. The topological polar surface area (TPSA) is 44.5 Å². The molecule has 2 aliphatic heterocycles. The molecule has 5 heteroatoms. The van der Waals surface area contributed by atoms with E-state index < -0.39 is 0 Å². The van der Waals surface area contributed by atoms with Crippen molar-refractivity contribution in [1.29, 1.82) is 0 Å². The van der Waals surface area contributed by atoms with Gasteiger partial charge in [0.15, 0.2) is 0 Å². The minimum atomic E-state index is -0.288. The number of aliphatic hydroxyl groups is 1. The van der Waals surface area contributed by atoms with Gasteiger partial charge in [0, 0.05) is 44.6 Å². The van der Waals surface area contributed by atoms with Gasteiger partial charge in [0.2, 0.25) is 0 Å². The molecule has 2 aromatic rings. The third-order valence-electron chi connectivity index (χ3n) is 5.58. The molecule has 1 fully saturated rings. The predicted molar refractivity (Wildman–Crippen MR) is 98.3 cm³/mol. The Morgan fingerprint density at radius 1 is 1.12 bits per heavy atom. The average molecular weight is 340 g/mol. The van der Waals surface area contributed by atoms with Crippen molar-refractivity contribution in [3.63, 3.8) is 0 Å². The van der Waals surface area contributed by atoms with Gasteiger partial charge in [-0.25, -0.2) is 0 Å². The molecule has 0 radical (unpaired) electrons. The number of hydrogen-bond acceptors (Lipinski definition) is 4. The van der Waals surface area contributed by atoms with Crippen molar-refractivity contribution >= 4 is 0 Å². The molecule has 134 valence electrons. The standard InChI is InChI=1S/C20H28N4O/c25-20(15-22-12-8-17-5-1-2-6-18(17)13-22)16-23-10-3-7-19(23)14-24-11-4-9-21-24/h1-2,4-6,9,11,19-20,25H,3,7-8,10,12-16H2/t19-,20-/m1/s1. The van der Waals surface area contributed by atoms with E-state index in [1.807, 2.05) is 23.1 Å². The summed E-state index contributed by atoms with van der Waals surface area (Å²) < 4.78 is 2.01. The van der Waals surface area contributed by atoms with Crippen LogP contribution >= 0.6 is 0 Å². The number of benzene rings is 1. The molecule has 0 spiro atoms. The van der Waals surface area contributed by atoms with Crippen LogP contribution in [0.2, 0.25) is 0 Å². The first-order valence-electron chi connectivity index (χ1n) is 9.46. The van der Waals surface area contributed by atoms with E-state index >= 15 is 0 Å². The van der Waals surface area contributed by atoms with E-state index in [2.05, 4.69) is 39.2 Å². The van der Waals surface area contributed by atoms with E-state index in [0.29, 0.717) is 6.04 Å². The summed E-state index contributed by atoms with van der Waals surface area (Å²) >= 11 is 0. The van der Waals surface area contributed by atoms with Gasteiger partial charge in [-0.2, -0.15) is 5.10 Å². The maximum atomic E-state index is 10.6. The fraction of sp³-hybridized carbons (Fsp3) is 0.550. The molecule has 0 amide bonds. The lowest BCUT2D eigenvalue weighted by Crippen LogP contribution is -2.44. The van der Waals surface area contributed by atoms with Crippen LogP contribution in [0.1, 0.15) is 24.0 Å². The molecule has 0 bridgehead atoms. The van der Waals surface area contributed by atoms with Gasteiger partial charge in [-0.15, -0.1) is 0 Å². The summed E-state index contributed by atoms with van der Waals surface area (Å²) in [5, 5.41) is 15.0. The van der Waals surface area contributed by atoms with Crippen LogP contribution in [-0.4, -0.2) is 63.0 Å². The van der Waals surface area contributed by atoms with E-state index in [0.717, 1.165) is 45.7 Å². The van der Waals surface area contributed by atoms with Crippen LogP contribution in [0, 0.1) is 0 Å². The molecule has 4 rings (SSSR count). The highest BCUT2D eigenvalue weighted by Crippen LogP contribution is 2.21. The van der Waals surface area contributed by atoms with Crippen LogP contribution in [0.15, 0.2) is 42.7 Å². The first-order valence-corrected chi connectivity index (χ1v) is 9.46. The van der Waals surface area contributed by atoms with Crippen molar-refractivity contribution in [2.75, 3.05) is 26.2 Å². The van der Waals surface area contributed by atoms with Gasteiger partial charge in [0.1, 0.15) is 0 Å². The number of rotatable bonds is 6. The summed E-state index contributed by atoms with van der Waals surface area (Å²) in [5.74, 6) is 0. The lowest BCUT2D eigenvalue weighted by atomic mass is 10.00. The molecule has 1 N–H and O–H groups in total. The fourth-order valence-electron chi connectivity index (χ4n) is 4.30. The van der Waals surface area contributed by atoms with Crippen LogP contribution in [-0.2, 0) is 19.5 Å². The minimum Gasteiger partial charge on any atom is -0.390 e. The van der Waals surface area contributed by atoms with E-state index in [-0.39, 0.29) is 6.10 Å². The van der Waals surface area contributed by atoms with E-state index in [9.17, 15) is 5.11 Å². The van der Waals surface area contributed by atoms with Crippen LogP contribution in [0.5, 0.6) is 0 Å². The maximum absolute atomic E-state index is 10.6. The Morgan fingerprint density at radius 2 is 2.00 bits per heavy atom. The fourth-order valence-corrected chi connectivity index (χ4v) is 4.30. The zero-order valence-corrected chi connectivity index (χ0v) is 14.8. The van der Waals surface area contributed by atoms with Gasteiger partial charge in [0.05, 0.1) is 12.6 Å². The number of hydrogen-bond donors (Lipinski definition) is 1. The van der Waals surface area contributed by atoms with E-state index in [1.165, 1.54) is 24.0 Å². The maximum Gasteiger partial charge on any atom is 0.0794 e. The summed E-state index contributed by atoms with van der Waals surface area (Å²) in [5.41, 5.74) is 2.88. The van der Waals surface area contributed by atoms with Gasteiger partial charge < -0.3 is 5.11 Å². The van der Waals surface area contributed by atoms with Gasteiger partial charge in [-0.3, -0.25) is 14.5 Å². The number of β-amino-alcohol motifs (C(OH)–C–C–N with tert-alkyl or cyclic N) is 1. The molecular formula is C20H28N4O. The number of aliphatic hydroxyl groups excluding tert-OH is 1. The Hall–Kier alpha value is -1.69. The Balaban J connectivity index is 1.29. The molecule has 1 saturated heterocycles. The van der Waals surface area contributed by atoms with Crippen LogP contribution in [0.4, 0.5) is 0 Å². The Labute approximate surface area is 149 Å². The highest BCUT2D eigenvalue weighted by Gasteiger charge is 2.27. The van der Waals surface area contributed by atoms with Gasteiger partial charge in [-0.1, -0.05) is 24.3 Å². The third-order valence-corrected chi connectivity index (χ3v) is 5.58. The monoisotopic (exact) mass is 340 g/mol. The van der Waals surface area contributed by atoms with Gasteiger partial charge >= 0.3 is 0 Å². The normalized spacial score (nSPS) is 22.8. The van der Waals surface area contributed by atoms with E-state index in [1.54, 1.807) is 0 Å². The summed E-state index contributed by atoms with van der Waals surface area (Å²) in [7, 11) is 0. The van der Waals surface area contributed by atoms with Crippen molar-refractivity contribution in [2.45, 2.75) is 44.5 Å². The van der Waals surface area contributed by atoms with Crippen molar-refractivity contribution in [1.82, 2.24) is 19.6 Å². The highest BCUT2D eigenvalue weighted by molar-refractivity contribution is 5.29. The zero-order chi connectivity index (χ0) is 17.1. The largest absolute Gasteiger partial charge is 0.390 e. The van der Waals surface area contributed by atoms with Crippen molar-refractivity contribution in [2.24, 2.45) is 0 Å². The second-order valence-electron chi connectivity index (χ2n) is 7.43. The predicted octanol–water partition coefficient (Wildman–Crippen LogP) is 1.77. The van der Waals surface area contributed by atoms with Crippen molar-refractivity contribution < 1.29 is 5.11 Å².